The van der Waals surface area contributed by atoms with Crippen LogP contribution in [0.4, 0.5) is 0 Å². The van der Waals surface area contributed by atoms with Gasteiger partial charge in [0.1, 0.15) is 0 Å². The van der Waals surface area contributed by atoms with Crippen LogP contribution in [0.2, 0.25) is 0 Å². The Labute approximate surface area is 106 Å². The number of nitrogens with two attached hydrogens (primary N) is 1. The Balaban J connectivity index is 2.32. The van der Waals surface area contributed by atoms with Gasteiger partial charge in [-0.15, -0.1) is 0 Å². The van der Waals surface area contributed by atoms with Gasteiger partial charge in [-0.25, -0.2) is 0 Å². The lowest BCUT2D eigenvalue weighted by atomic mass is 9.85. The second-order valence-electron chi connectivity index (χ2n) is 5.78. The Morgan fingerprint density at radius 3 is 2.71 bits per heavy atom. The second-order valence-corrected chi connectivity index (χ2v) is 5.78. The first-order valence-electron chi connectivity index (χ1n) is 7.08. The first kappa shape index (κ1) is 14.5. The number of hydrogen-bond donors (Lipinski definition) is 2. The number of hydrogen-bond acceptors (Lipinski definition) is 2. The largest absolute Gasteiger partial charge is 0.353 e. The molecule has 0 spiro atoms. The number of rotatable bonds is 5. The fourth-order valence-electron chi connectivity index (χ4n) is 2.66. The normalized spacial score (nSPS) is 28.5. The monoisotopic (exact) mass is 240 g/mol. The summed E-state index contributed by atoms with van der Waals surface area (Å²) in [6, 6.07) is 0.514. The molecule has 3 nitrogen and oxygen atoms in total. The van der Waals surface area contributed by atoms with E-state index in [4.69, 9.17) is 5.73 Å². The second kappa shape index (κ2) is 7.00. The molecule has 4 unspecified atom stereocenters. The van der Waals surface area contributed by atoms with Gasteiger partial charge in [-0.2, -0.15) is 0 Å². The Morgan fingerprint density at radius 1 is 1.41 bits per heavy atom. The van der Waals surface area contributed by atoms with E-state index in [0.717, 1.165) is 32.1 Å². The van der Waals surface area contributed by atoms with Gasteiger partial charge in [0.2, 0.25) is 5.91 Å². The SMILES string of the molecule is CCC(C)CC(C)NC(=O)C1CCCC(N)C1. The van der Waals surface area contributed by atoms with E-state index in [1.807, 2.05) is 0 Å². The molecule has 1 saturated carbocycles. The lowest BCUT2D eigenvalue weighted by Gasteiger charge is -2.27. The summed E-state index contributed by atoms with van der Waals surface area (Å²) in [6.07, 6.45) is 6.29. The zero-order valence-corrected chi connectivity index (χ0v) is 11.5. The maximum atomic E-state index is 12.1. The molecule has 1 aliphatic carbocycles. The van der Waals surface area contributed by atoms with E-state index in [-0.39, 0.29) is 23.9 Å². The summed E-state index contributed by atoms with van der Waals surface area (Å²) in [5.41, 5.74) is 5.92. The molecule has 4 atom stereocenters. The first-order valence-corrected chi connectivity index (χ1v) is 7.08. The van der Waals surface area contributed by atoms with Crippen molar-refractivity contribution in [2.45, 2.75) is 71.4 Å². The number of carbonyl (C=O) groups is 1. The fourth-order valence-corrected chi connectivity index (χ4v) is 2.66. The Hall–Kier alpha value is -0.570. The Kier molecular flexibility index (Phi) is 5.96. The third-order valence-electron chi connectivity index (χ3n) is 3.93. The van der Waals surface area contributed by atoms with Gasteiger partial charge in [-0.3, -0.25) is 4.79 Å². The van der Waals surface area contributed by atoms with Crippen LogP contribution >= 0.6 is 0 Å². The van der Waals surface area contributed by atoms with Gasteiger partial charge in [-0.05, 0) is 38.5 Å². The third-order valence-corrected chi connectivity index (χ3v) is 3.93. The van der Waals surface area contributed by atoms with Crippen molar-refractivity contribution in [3.05, 3.63) is 0 Å². The summed E-state index contributed by atoms with van der Waals surface area (Å²) in [4.78, 5) is 12.1. The highest BCUT2D eigenvalue weighted by molar-refractivity contribution is 5.79. The smallest absolute Gasteiger partial charge is 0.223 e. The van der Waals surface area contributed by atoms with Gasteiger partial charge in [0.15, 0.2) is 0 Å². The molecule has 17 heavy (non-hydrogen) atoms. The van der Waals surface area contributed by atoms with E-state index in [1.54, 1.807) is 0 Å². The van der Waals surface area contributed by atoms with Crippen molar-refractivity contribution in [2.24, 2.45) is 17.6 Å². The van der Waals surface area contributed by atoms with Gasteiger partial charge in [0.25, 0.3) is 0 Å². The van der Waals surface area contributed by atoms with Crippen molar-refractivity contribution in [1.29, 1.82) is 0 Å². The molecule has 3 heteroatoms. The van der Waals surface area contributed by atoms with E-state index in [0.29, 0.717) is 5.92 Å². The van der Waals surface area contributed by atoms with E-state index in [1.165, 1.54) is 6.42 Å². The summed E-state index contributed by atoms with van der Waals surface area (Å²) in [5.74, 6) is 1.05. The Bertz CT molecular complexity index is 242. The third kappa shape index (κ3) is 5.07. The number of nitrogens with one attached hydrogen (secondary N) is 1. The van der Waals surface area contributed by atoms with E-state index >= 15 is 0 Å². The number of amides is 1. The average molecular weight is 240 g/mol. The van der Waals surface area contributed by atoms with Crippen molar-refractivity contribution >= 4 is 5.91 Å². The minimum Gasteiger partial charge on any atom is -0.353 e. The standard InChI is InChI=1S/C14H28N2O/c1-4-10(2)8-11(3)16-14(17)12-6-5-7-13(15)9-12/h10-13H,4-9,15H2,1-3H3,(H,16,17). The minimum atomic E-state index is 0.151. The molecule has 0 aromatic carbocycles. The van der Waals surface area contributed by atoms with Crippen molar-refractivity contribution in [2.75, 3.05) is 0 Å². The highest BCUT2D eigenvalue weighted by Crippen LogP contribution is 2.23. The maximum absolute atomic E-state index is 12.1. The highest BCUT2D eigenvalue weighted by Gasteiger charge is 2.26. The molecule has 0 aromatic heterocycles. The lowest BCUT2D eigenvalue weighted by Crippen LogP contribution is -2.41. The molecule has 0 aliphatic heterocycles. The predicted molar refractivity (Wildman–Crippen MR) is 71.6 cm³/mol. The van der Waals surface area contributed by atoms with Gasteiger partial charge in [0, 0.05) is 18.0 Å². The fraction of sp³-hybridized carbons (Fsp3) is 0.929. The Morgan fingerprint density at radius 2 is 2.12 bits per heavy atom. The van der Waals surface area contributed by atoms with Crippen LogP contribution in [0.3, 0.4) is 0 Å². The highest BCUT2D eigenvalue weighted by atomic mass is 16.1. The van der Waals surface area contributed by atoms with Crippen LogP contribution in [0.15, 0.2) is 0 Å². The van der Waals surface area contributed by atoms with Crippen LogP contribution in [0.1, 0.15) is 59.3 Å². The molecule has 0 aromatic rings. The van der Waals surface area contributed by atoms with Gasteiger partial charge in [0.05, 0.1) is 0 Å². The molecule has 1 amide bonds. The topological polar surface area (TPSA) is 55.1 Å². The summed E-state index contributed by atoms with van der Waals surface area (Å²) in [5, 5.41) is 3.14. The number of carbonyl (C=O) groups excluding carboxylic acids is 1. The summed E-state index contributed by atoms with van der Waals surface area (Å²) in [7, 11) is 0. The molecule has 100 valence electrons. The van der Waals surface area contributed by atoms with Crippen molar-refractivity contribution in [3.63, 3.8) is 0 Å². The zero-order valence-electron chi connectivity index (χ0n) is 11.5. The predicted octanol–water partition coefficient (Wildman–Crippen LogP) is 2.44. The first-order chi connectivity index (χ1) is 8.02. The summed E-state index contributed by atoms with van der Waals surface area (Å²) < 4.78 is 0. The molecular weight excluding hydrogens is 212 g/mol. The van der Waals surface area contributed by atoms with Crippen LogP contribution in [-0.4, -0.2) is 18.0 Å². The molecule has 1 fully saturated rings. The van der Waals surface area contributed by atoms with Gasteiger partial charge in [-0.1, -0.05) is 26.7 Å². The van der Waals surface area contributed by atoms with Gasteiger partial charge >= 0.3 is 0 Å². The van der Waals surface area contributed by atoms with Crippen LogP contribution in [0.5, 0.6) is 0 Å². The van der Waals surface area contributed by atoms with E-state index < -0.39 is 0 Å². The van der Waals surface area contributed by atoms with Crippen LogP contribution in [0, 0.1) is 11.8 Å². The van der Waals surface area contributed by atoms with E-state index in [9.17, 15) is 4.79 Å². The zero-order chi connectivity index (χ0) is 12.8. The molecule has 0 heterocycles. The average Bonchev–Trinajstić information content (AvgIpc) is 2.28. The molecule has 3 N–H and O–H groups in total. The van der Waals surface area contributed by atoms with Crippen LogP contribution in [0.25, 0.3) is 0 Å². The van der Waals surface area contributed by atoms with Crippen molar-refractivity contribution in [3.8, 4) is 0 Å². The van der Waals surface area contributed by atoms with Crippen LogP contribution < -0.4 is 11.1 Å². The molecule has 1 aliphatic rings. The molecule has 0 radical (unpaired) electrons. The minimum absolute atomic E-state index is 0.151. The quantitative estimate of drug-likeness (QED) is 0.775. The van der Waals surface area contributed by atoms with Crippen LogP contribution in [-0.2, 0) is 4.79 Å². The molecule has 0 saturated heterocycles. The molecular formula is C14H28N2O. The molecule has 0 bridgehead atoms. The summed E-state index contributed by atoms with van der Waals surface area (Å²) in [6.45, 7) is 6.53. The maximum Gasteiger partial charge on any atom is 0.223 e. The van der Waals surface area contributed by atoms with E-state index in [2.05, 4.69) is 26.1 Å². The summed E-state index contributed by atoms with van der Waals surface area (Å²) >= 11 is 0. The lowest BCUT2D eigenvalue weighted by molar-refractivity contribution is -0.126. The van der Waals surface area contributed by atoms with Gasteiger partial charge < -0.3 is 11.1 Å². The van der Waals surface area contributed by atoms with Crippen molar-refractivity contribution < 1.29 is 4.79 Å². The van der Waals surface area contributed by atoms with Crippen molar-refractivity contribution in [1.82, 2.24) is 5.32 Å². The molecule has 1 rings (SSSR count).